The summed E-state index contributed by atoms with van der Waals surface area (Å²) in [6.45, 7) is 0. The smallest absolute Gasteiger partial charge is 0.0831 e. The van der Waals surface area contributed by atoms with Crippen molar-refractivity contribution in [2.24, 2.45) is 51.3 Å². The number of nitrogens with one attached hydrogen (secondary N) is 1. The quantitative estimate of drug-likeness (QED) is 0.769. The zero-order chi connectivity index (χ0) is 16.2. The minimum Gasteiger partial charge on any atom is -0.371 e. The molecule has 1 aliphatic heterocycles. The van der Waals surface area contributed by atoms with Crippen LogP contribution in [-0.4, -0.2) is 18.4 Å². The van der Waals surface area contributed by atoms with Crippen molar-refractivity contribution in [1.29, 1.82) is 0 Å². The fourth-order valence-electron chi connectivity index (χ4n) is 10.5. The van der Waals surface area contributed by atoms with Gasteiger partial charge in [0.2, 0.25) is 0 Å². The Morgan fingerprint density at radius 1 is 0.600 bits per heavy atom. The summed E-state index contributed by atoms with van der Waals surface area (Å²) in [6.07, 6.45) is 20.7. The van der Waals surface area contributed by atoms with E-state index in [1.54, 1.807) is 38.5 Å². The van der Waals surface area contributed by atoms with Gasteiger partial charge in [0.15, 0.2) is 0 Å². The molecule has 8 saturated carbocycles. The summed E-state index contributed by atoms with van der Waals surface area (Å²) in [4.78, 5) is 5.23. The standard InChI is InChI=1S/C23H34N2/c1-14-2-16-3-15(1)8-22(7-14,9-16)20-21(25-13-24-20)23-10-17-4-18(11-23)6-19(5-17)12-23/h13-21H,1-12H2,(H,24,25). The molecule has 8 aliphatic carbocycles. The first kappa shape index (κ1) is 14.5. The summed E-state index contributed by atoms with van der Waals surface area (Å²) in [7, 11) is 0. The highest BCUT2D eigenvalue weighted by molar-refractivity contribution is 5.59. The summed E-state index contributed by atoms with van der Waals surface area (Å²) >= 11 is 0. The average Bonchev–Trinajstić information content (AvgIpc) is 3.03. The predicted molar refractivity (Wildman–Crippen MR) is 100 cm³/mol. The van der Waals surface area contributed by atoms with Crippen LogP contribution in [0.3, 0.4) is 0 Å². The lowest BCUT2D eigenvalue weighted by atomic mass is 9.43. The third kappa shape index (κ3) is 1.90. The number of hydrogen-bond donors (Lipinski definition) is 1. The van der Waals surface area contributed by atoms with Crippen LogP contribution in [0.1, 0.15) is 77.0 Å². The van der Waals surface area contributed by atoms with Gasteiger partial charge in [-0.05, 0) is 123 Å². The van der Waals surface area contributed by atoms with Crippen LogP contribution in [0, 0.1) is 46.3 Å². The maximum absolute atomic E-state index is 5.23. The number of rotatable bonds is 2. The van der Waals surface area contributed by atoms with E-state index in [-0.39, 0.29) is 0 Å². The molecule has 2 heteroatoms. The molecule has 25 heavy (non-hydrogen) atoms. The largest absolute Gasteiger partial charge is 0.371 e. The molecule has 2 atom stereocenters. The molecule has 0 aromatic heterocycles. The highest BCUT2D eigenvalue weighted by Gasteiger charge is 2.62. The van der Waals surface area contributed by atoms with Gasteiger partial charge >= 0.3 is 0 Å². The third-order valence-corrected chi connectivity index (χ3v) is 10.3. The molecule has 0 spiro atoms. The summed E-state index contributed by atoms with van der Waals surface area (Å²) in [5, 5.41) is 3.90. The molecule has 9 rings (SSSR count). The van der Waals surface area contributed by atoms with Crippen LogP contribution >= 0.6 is 0 Å². The number of nitrogens with zero attached hydrogens (tertiary/aromatic N) is 1. The molecule has 0 aromatic rings. The fraction of sp³-hybridized carbons (Fsp3) is 0.957. The van der Waals surface area contributed by atoms with Gasteiger partial charge < -0.3 is 5.32 Å². The first-order chi connectivity index (χ1) is 12.2. The molecular weight excluding hydrogens is 304 g/mol. The van der Waals surface area contributed by atoms with Gasteiger partial charge in [-0.1, -0.05) is 0 Å². The first-order valence-corrected chi connectivity index (χ1v) is 11.5. The van der Waals surface area contributed by atoms with E-state index in [9.17, 15) is 0 Å². The van der Waals surface area contributed by atoms with Crippen LogP contribution in [0.5, 0.6) is 0 Å². The zero-order valence-electron chi connectivity index (χ0n) is 15.6. The lowest BCUT2D eigenvalue weighted by Gasteiger charge is -2.63. The van der Waals surface area contributed by atoms with Gasteiger partial charge in [0, 0.05) is 0 Å². The molecule has 1 N–H and O–H groups in total. The molecule has 136 valence electrons. The van der Waals surface area contributed by atoms with Gasteiger partial charge in [0.05, 0.1) is 18.4 Å². The van der Waals surface area contributed by atoms with E-state index in [2.05, 4.69) is 11.7 Å². The van der Waals surface area contributed by atoms with E-state index >= 15 is 0 Å². The average molecular weight is 339 g/mol. The van der Waals surface area contributed by atoms with Crippen LogP contribution in [0.25, 0.3) is 0 Å². The van der Waals surface area contributed by atoms with E-state index in [4.69, 9.17) is 4.99 Å². The van der Waals surface area contributed by atoms with Gasteiger partial charge in [-0.25, -0.2) is 0 Å². The lowest BCUT2D eigenvalue weighted by Crippen LogP contribution is -2.62. The molecule has 8 bridgehead atoms. The molecule has 2 unspecified atom stereocenters. The Bertz CT molecular complexity index is 549. The molecule has 1 heterocycles. The Balaban J connectivity index is 1.25. The van der Waals surface area contributed by atoms with Crippen molar-refractivity contribution in [2.45, 2.75) is 89.1 Å². The van der Waals surface area contributed by atoms with E-state index < -0.39 is 0 Å². The van der Waals surface area contributed by atoms with Crippen molar-refractivity contribution in [1.82, 2.24) is 5.32 Å². The van der Waals surface area contributed by atoms with E-state index in [1.165, 1.54) is 38.5 Å². The molecule has 0 saturated heterocycles. The van der Waals surface area contributed by atoms with Crippen molar-refractivity contribution in [3.8, 4) is 0 Å². The lowest BCUT2D eigenvalue weighted by molar-refractivity contribution is -0.110. The SMILES string of the molecule is C1=NC(C23CC4CC(CC(C4)C2)C3)C(C23CC4CC(CC(C4)C2)C3)N1. The van der Waals surface area contributed by atoms with Gasteiger partial charge in [-0.2, -0.15) is 0 Å². The third-order valence-electron chi connectivity index (χ3n) is 10.3. The van der Waals surface area contributed by atoms with Crippen LogP contribution in [0.2, 0.25) is 0 Å². The summed E-state index contributed by atoms with van der Waals surface area (Å²) in [5.74, 6) is 6.35. The Morgan fingerprint density at radius 2 is 1.00 bits per heavy atom. The molecule has 9 aliphatic rings. The molecule has 0 aromatic carbocycles. The minimum atomic E-state index is 0.586. The second-order valence-electron chi connectivity index (χ2n) is 11.9. The Hall–Kier alpha value is -0.530. The summed E-state index contributed by atoms with van der Waals surface area (Å²) < 4.78 is 0. The molecule has 2 nitrogen and oxygen atoms in total. The van der Waals surface area contributed by atoms with Gasteiger partial charge in [0.25, 0.3) is 0 Å². The Morgan fingerprint density at radius 3 is 1.44 bits per heavy atom. The topological polar surface area (TPSA) is 24.4 Å². The monoisotopic (exact) mass is 338 g/mol. The van der Waals surface area contributed by atoms with Gasteiger partial charge in [0.1, 0.15) is 0 Å². The van der Waals surface area contributed by atoms with Crippen molar-refractivity contribution < 1.29 is 0 Å². The van der Waals surface area contributed by atoms with Crippen molar-refractivity contribution in [3.05, 3.63) is 0 Å². The van der Waals surface area contributed by atoms with E-state index in [0.29, 0.717) is 22.9 Å². The van der Waals surface area contributed by atoms with E-state index in [0.717, 1.165) is 35.5 Å². The van der Waals surface area contributed by atoms with Crippen molar-refractivity contribution in [3.63, 3.8) is 0 Å². The number of aliphatic imine (C=N–C) groups is 1. The van der Waals surface area contributed by atoms with Gasteiger partial charge in [-0.3, -0.25) is 4.99 Å². The molecular formula is C23H34N2. The maximum Gasteiger partial charge on any atom is 0.0831 e. The predicted octanol–water partition coefficient (Wildman–Crippen LogP) is 4.79. The van der Waals surface area contributed by atoms with Crippen molar-refractivity contribution in [2.75, 3.05) is 0 Å². The minimum absolute atomic E-state index is 0.586. The number of hydrogen-bond acceptors (Lipinski definition) is 2. The van der Waals surface area contributed by atoms with Crippen LogP contribution in [-0.2, 0) is 0 Å². The zero-order valence-corrected chi connectivity index (χ0v) is 15.6. The molecule has 8 fully saturated rings. The second-order valence-corrected chi connectivity index (χ2v) is 11.9. The first-order valence-electron chi connectivity index (χ1n) is 11.5. The van der Waals surface area contributed by atoms with Crippen LogP contribution in [0.15, 0.2) is 4.99 Å². The molecule has 0 radical (unpaired) electrons. The summed E-state index contributed by atoms with van der Waals surface area (Å²) in [5.41, 5.74) is 1.20. The molecule has 0 amide bonds. The normalized spacial score (nSPS) is 63.4. The fourth-order valence-corrected chi connectivity index (χ4v) is 10.5. The summed E-state index contributed by atoms with van der Waals surface area (Å²) in [6, 6.07) is 1.31. The Kier molecular flexibility index (Phi) is 2.70. The Labute approximate surface area is 152 Å². The highest BCUT2D eigenvalue weighted by atomic mass is 15.1. The maximum atomic E-state index is 5.23. The van der Waals surface area contributed by atoms with Crippen LogP contribution < -0.4 is 5.32 Å². The van der Waals surface area contributed by atoms with Gasteiger partial charge in [-0.15, -0.1) is 0 Å². The highest BCUT2D eigenvalue weighted by Crippen LogP contribution is 2.66. The van der Waals surface area contributed by atoms with E-state index in [1.807, 2.05) is 0 Å². The van der Waals surface area contributed by atoms with Crippen molar-refractivity contribution >= 4 is 6.34 Å². The van der Waals surface area contributed by atoms with Crippen LogP contribution in [0.4, 0.5) is 0 Å². The second kappa shape index (κ2) is 4.65.